The van der Waals surface area contributed by atoms with Crippen LogP contribution in [0.5, 0.6) is 17.5 Å². The number of para-hydroxylation sites is 3. The molecule has 0 amide bonds. The summed E-state index contributed by atoms with van der Waals surface area (Å²) in [6.07, 6.45) is 0.864. The zero-order chi connectivity index (χ0) is 29.8. The van der Waals surface area contributed by atoms with Crippen LogP contribution in [0.4, 0.5) is 0 Å². The van der Waals surface area contributed by atoms with E-state index in [2.05, 4.69) is 30.1 Å². The summed E-state index contributed by atoms with van der Waals surface area (Å²) >= 11 is 0. The Morgan fingerprint density at radius 1 is 0.767 bits per heavy atom. The molecule has 0 aliphatic carbocycles. The molecule has 2 heterocycles. The van der Waals surface area contributed by atoms with Gasteiger partial charge < -0.3 is 14.2 Å². The molecule has 6 rings (SSSR count). The summed E-state index contributed by atoms with van der Waals surface area (Å²) in [6, 6.07) is 36.6. The van der Waals surface area contributed by atoms with Crippen LogP contribution in [0.2, 0.25) is 0 Å². The molecule has 0 bridgehead atoms. The van der Waals surface area contributed by atoms with Crippen molar-refractivity contribution < 1.29 is 19.0 Å². The molecule has 4 aromatic carbocycles. The Kier molecular flexibility index (Phi) is 7.79. The third-order valence-electron chi connectivity index (χ3n) is 8.04. The highest BCUT2D eigenvalue weighted by Gasteiger charge is 2.30. The zero-order valence-electron chi connectivity index (χ0n) is 24.5. The number of carbonyl (C=O) groups is 1. The average Bonchev–Trinajstić information content (AvgIpc) is 3.37. The summed E-state index contributed by atoms with van der Waals surface area (Å²) in [7, 11) is 3.36. The van der Waals surface area contributed by atoms with Gasteiger partial charge in [-0.05, 0) is 66.1 Å². The normalized spacial score (nSPS) is 12.6. The number of imidazole rings is 1. The largest absolute Gasteiger partial charge is 0.487 e. The Morgan fingerprint density at radius 2 is 1.42 bits per heavy atom. The van der Waals surface area contributed by atoms with Crippen molar-refractivity contribution in [2.45, 2.75) is 31.8 Å². The third-order valence-corrected chi connectivity index (χ3v) is 8.04. The molecule has 0 N–H and O–H groups in total. The van der Waals surface area contributed by atoms with E-state index in [1.54, 1.807) is 0 Å². The molecule has 0 saturated heterocycles. The molecule has 216 valence electrons. The number of aromatic nitrogens is 3. The van der Waals surface area contributed by atoms with E-state index in [4.69, 9.17) is 19.2 Å². The summed E-state index contributed by atoms with van der Waals surface area (Å²) in [5.41, 5.74) is 5.37. The molecule has 7 nitrogen and oxygen atoms in total. The average molecular weight is 572 g/mol. The summed E-state index contributed by atoms with van der Waals surface area (Å²) in [5, 5.41) is 1.10. The van der Waals surface area contributed by atoms with Crippen LogP contribution in [-0.2, 0) is 28.6 Å². The minimum absolute atomic E-state index is 0.240. The van der Waals surface area contributed by atoms with E-state index in [0.717, 1.165) is 44.5 Å². The lowest BCUT2D eigenvalue weighted by Crippen LogP contribution is -2.25. The van der Waals surface area contributed by atoms with E-state index >= 15 is 0 Å². The van der Waals surface area contributed by atoms with Crippen LogP contribution in [-0.4, -0.2) is 27.6 Å². The monoisotopic (exact) mass is 571 g/mol. The van der Waals surface area contributed by atoms with Gasteiger partial charge in [0.1, 0.15) is 18.1 Å². The van der Waals surface area contributed by atoms with Crippen molar-refractivity contribution in [3.63, 3.8) is 0 Å². The molecule has 0 radical (unpaired) electrons. The molecule has 0 saturated carbocycles. The fourth-order valence-corrected chi connectivity index (χ4v) is 5.39. The van der Waals surface area contributed by atoms with Crippen LogP contribution in [0.1, 0.15) is 36.6 Å². The van der Waals surface area contributed by atoms with Crippen molar-refractivity contribution in [2.24, 2.45) is 7.05 Å². The lowest BCUT2D eigenvalue weighted by molar-refractivity contribution is -0.140. The van der Waals surface area contributed by atoms with Gasteiger partial charge in [-0.2, -0.15) is 4.98 Å². The van der Waals surface area contributed by atoms with Gasteiger partial charge in [0, 0.05) is 24.3 Å². The summed E-state index contributed by atoms with van der Waals surface area (Å²) in [4.78, 5) is 21.5. The highest BCUT2D eigenvalue weighted by molar-refractivity contribution is 5.78. The van der Waals surface area contributed by atoms with Gasteiger partial charge in [-0.3, -0.25) is 9.36 Å². The lowest BCUT2D eigenvalue weighted by Gasteiger charge is -2.31. The summed E-state index contributed by atoms with van der Waals surface area (Å²) < 4.78 is 19.1. The molecule has 0 aliphatic heterocycles. The molecule has 0 fully saturated rings. The topological polar surface area (TPSA) is 75.5 Å². The number of aryl methyl sites for hydroxylation is 1. The smallest absolute Gasteiger partial charge is 0.305 e. The first-order valence-corrected chi connectivity index (χ1v) is 14.3. The number of carbonyl (C=O) groups excluding carboxylic acids is 1. The van der Waals surface area contributed by atoms with Crippen LogP contribution >= 0.6 is 0 Å². The van der Waals surface area contributed by atoms with Gasteiger partial charge in [-0.15, -0.1) is 0 Å². The molecule has 6 aromatic rings. The molecule has 1 unspecified atom stereocenters. The van der Waals surface area contributed by atoms with Crippen molar-refractivity contribution in [1.29, 1.82) is 0 Å². The SMILES string of the molecule is COC(=O)CCC(C)(c1ccc(OCc2ccc3ccccc3n2)cc1)c1ccc(Oc2nc3ccccc3n2C)cc1. The van der Waals surface area contributed by atoms with Gasteiger partial charge in [-0.1, -0.05) is 67.6 Å². The van der Waals surface area contributed by atoms with Crippen LogP contribution in [0.25, 0.3) is 21.9 Å². The van der Waals surface area contributed by atoms with Gasteiger partial charge in [0.2, 0.25) is 0 Å². The highest BCUT2D eigenvalue weighted by atomic mass is 16.5. The van der Waals surface area contributed by atoms with Crippen molar-refractivity contribution in [1.82, 2.24) is 14.5 Å². The van der Waals surface area contributed by atoms with Crippen molar-refractivity contribution in [3.8, 4) is 17.5 Å². The fraction of sp³-hybridized carbons (Fsp3) is 0.194. The lowest BCUT2D eigenvalue weighted by atomic mass is 9.73. The second-order valence-electron chi connectivity index (χ2n) is 10.8. The maximum Gasteiger partial charge on any atom is 0.305 e. The zero-order valence-corrected chi connectivity index (χ0v) is 24.5. The minimum Gasteiger partial charge on any atom is -0.487 e. The van der Waals surface area contributed by atoms with E-state index in [1.165, 1.54) is 7.11 Å². The predicted molar refractivity (Wildman–Crippen MR) is 167 cm³/mol. The van der Waals surface area contributed by atoms with E-state index in [9.17, 15) is 4.79 Å². The quantitative estimate of drug-likeness (QED) is 0.157. The number of nitrogens with zero attached hydrogens (tertiary/aromatic N) is 3. The molecule has 0 spiro atoms. The highest BCUT2D eigenvalue weighted by Crippen LogP contribution is 2.38. The Morgan fingerprint density at radius 3 is 2.12 bits per heavy atom. The summed E-state index contributed by atoms with van der Waals surface area (Å²) in [6.45, 7) is 2.52. The van der Waals surface area contributed by atoms with Crippen LogP contribution in [0, 0.1) is 0 Å². The standard InChI is InChI=1S/C36H33N3O4/c1-36(23-22-34(40)41-3,27-15-20-30(21-16-27)43-35-38-32-10-6-7-11-33(32)39(35)2)26-13-18-29(19-14-26)42-24-28-17-12-25-8-4-5-9-31(25)37-28/h4-21H,22-24H2,1-3H3. The molecular weight excluding hydrogens is 538 g/mol. The number of benzene rings is 4. The Hall–Kier alpha value is -5.17. The molecule has 43 heavy (non-hydrogen) atoms. The molecule has 2 aromatic heterocycles. The second-order valence-corrected chi connectivity index (χ2v) is 10.8. The van der Waals surface area contributed by atoms with Gasteiger partial charge in [0.25, 0.3) is 0 Å². The number of hydrogen-bond donors (Lipinski definition) is 0. The van der Waals surface area contributed by atoms with Crippen molar-refractivity contribution in [2.75, 3.05) is 7.11 Å². The predicted octanol–water partition coefficient (Wildman–Crippen LogP) is 7.75. The van der Waals surface area contributed by atoms with E-state index < -0.39 is 5.41 Å². The Bertz CT molecular complexity index is 1880. The number of rotatable bonds is 10. The molecular formula is C36H33N3O4. The van der Waals surface area contributed by atoms with E-state index in [0.29, 0.717) is 24.8 Å². The maximum absolute atomic E-state index is 12.2. The second kappa shape index (κ2) is 12.0. The van der Waals surface area contributed by atoms with Gasteiger partial charge in [0.05, 0.1) is 29.4 Å². The summed E-state index contributed by atoms with van der Waals surface area (Å²) in [5.74, 6) is 1.19. The number of ether oxygens (including phenoxy) is 3. The van der Waals surface area contributed by atoms with Gasteiger partial charge in [0.15, 0.2) is 0 Å². The Balaban J connectivity index is 1.20. The number of hydrogen-bond acceptors (Lipinski definition) is 6. The van der Waals surface area contributed by atoms with E-state index in [-0.39, 0.29) is 12.4 Å². The van der Waals surface area contributed by atoms with Gasteiger partial charge in [-0.25, -0.2) is 4.98 Å². The van der Waals surface area contributed by atoms with Crippen LogP contribution < -0.4 is 9.47 Å². The molecule has 1 atom stereocenters. The van der Waals surface area contributed by atoms with Gasteiger partial charge >= 0.3 is 12.0 Å². The van der Waals surface area contributed by atoms with E-state index in [1.807, 2.05) is 103 Å². The first-order valence-electron chi connectivity index (χ1n) is 14.3. The number of esters is 1. The van der Waals surface area contributed by atoms with Crippen LogP contribution in [0.3, 0.4) is 0 Å². The van der Waals surface area contributed by atoms with Crippen molar-refractivity contribution >= 4 is 27.9 Å². The minimum atomic E-state index is -0.455. The number of pyridine rings is 1. The Labute approximate surface area is 250 Å². The third kappa shape index (κ3) is 5.93. The maximum atomic E-state index is 12.2. The number of methoxy groups -OCH3 is 1. The first kappa shape index (κ1) is 28.0. The molecule has 0 aliphatic rings. The van der Waals surface area contributed by atoms with Crippen molar-refractivity contribution in [3.05, 3.63) is 126 Å². The van der Waals surface area contributed by atoms with Crippen LogP contribution in [0.15, 0.2) is 109 Å². The molecule has 7 heteroatoms. The number of fused-ring (bicyclic) bond motifs is 2. The fourth-order valence-electron chi connectivity index (χ4n) is 5.39. The first-order chi connectivity index (χ1) is 20.9.